The Kier molecular flexibility index (Phi) is 4.58. The summed E-state index contributed by atoms with van der Waals surface area (Å²) in [6.07, 6.45) is 5.26. The Labute approximate surface area is 108 Å². The van der Waals surface area contributed by atoms with Crippen molar-refractivity contribution < 1.29 is 14.3 Å². The first kappa shape index (κ1) is 13.3. The van der Waals surface area contributed by atoms with Crippen LogP contribution in [0.1, 0.15) is 32.1 Å². The highest BCUT2D eigenvalue weighted by molar-refractivity contribution is 5.87. The average molecular weight is 254 g/mol. The van der Waals surface area contributed by atoms with Crippen molar-refractivity contribution in [2.24, 2.45) is 5.92 Å². The summed E-state index contributed by atoms with van der Waals surface area (Å²) in [6.45, 7) is 2.46. The summed E-state index contributed by atoms with van der Waals surface area (Å²) in [5, 5.41) is 2.83. The molecule has 1 aliphatic carbocycles. The standard InChI is InChI=1S/C13H22N2O3/c1-18-12(16)8-11-13(17)14-6-7-15(11)9-10-4-2-3-5-10/h10-11H,2-9H2,1H3,(H,14,17)/t11-/m0/s1. The van der Waals surface area contributed by atoms with Gasteiger partial charge in [0.15, 0.2) is 0 Å². The molecular weight excluding hydrogens is 232 g/mol. The number of nitrogens with zero attached hydrogens (tertiary/aromatic N) is 1. The first-order chi connectivity index (χ1) is 8.70. The number of nitrogens with one attached hydrogen (secondary N) is 1. The Bertz CT molecular complexity index is 313. The molecule has 102 valence electrons. The van der Waals surface area contributed by atoms with Gasteiger partial charge >= 0.3 is 5.97 Å². The molecule has 0 aromatic heterocycles. The molecule has 0 bridgehead atoms. The van der Waals surface area contributed by atoms with Crippen LogP contribution in [-0.2, 0) is 14.3 Å². The Morgan fingerprint density at radius 2 is 2.17 bits per heavy atom. The van der Waals surface area contributed by atoms with Gasteiger partial charge in [0, 0.05) is 19.6 Å². The number of piperazine rings is 1. The molecule has 5 heteroatoms. The molecule has 0 radical (unpaired) electrons. The summed E-state index contributed by atoms with van der Waals surface area (Å²) in [4.78, 5) is 25.4. The topological polar surface area (TPSA) is 58.6 Å². The fraction of sp³-hybridized carbons (Fsp3) is 0.846. The third-order valence-corrected chi connectivity index (χ3v) is 4.00. The molecule has 1 atom stereocenters. The van der Waals surface area contributed by atoms with Crippen molar-refractivity contribution in [3.05, 3.63) is 0 Å². The number of carbonyl (C=O) groups is 2. The van der Waals surface area contributed by atoms with Crippen molar-refractivity contribution in [3.8, 4) is 0 Å². The molecule has 5 nitrogen and oxygen atoms in total. The third kappa shape index (κ3) is 3.22. The third-order valence-electron chi connectivity index (χ3n) is 4.00. The molecule has 0 aromatic rings. The molecule has 2 aliphatic rings. The van der Waals surface area contributed by atoms with Crippen LogP contribution >= 0.6 is 0 Å². The maximum atomic E-state index is 11.9. The van der Waals surface area contributed by atoms with Gasteiger partial charge in [0.25, 0.3) is 0 Å². The van der Waals surface area contributed by atoms with Crippen LogP contribution < -0.4 is 5.32 Å². The number of methoxy groups -OCH3 is 1. The Morgan fingerprint density at radius 3 is 2.83 bits per heavy atom. The van der Waals surface area contributed by atoms with Crippen LogP contribution in [0.3, 0.4) is 0 Å². The van der Waals surface area contributed by atoms with E-state index in [9.17, 15) is 9.59 Å². The fourth-order valence-electron chi connectivity index (χ4n) is 2.97. The van der Waals surface area contributed by atoms with Crippen molar-refractivity contribution in [3.63, 3.8) is 0 Å². The summed E-state index contributed by atoms with van der Waals surface area (Å²) >= 11 is 0. The molecule has 1 saturated carbocycles. The summed E-state index contributed by atoms with van der Waals surface area (Å²) in [5.41, 5.74) is 0. The van der Waals surface area contributed by atoms with E-state index in [1.54, 1.807) is 0 Å². The van der Waals surface area contributed by atoms with E-state index in [2.05, 4.69) is 15.0 Å². The van der Waals surface area contributed by atoms with E-state index < -0.39 is 0 Å². The minimum absolute atomic E-state index is 0.0374. The molecule has 2 fully saturated rings. The quantitative estimate of drug-likeness (QED) is 0.744. The van der Waals surface area contributed by atoms with Crippen molar-refractivity contribution in [1.29, 1.82) is 0 Å². The lowest BCUT2D eigenvalue weighted by molar-refractivity contribution is -0.146. The number of amides is 1. The maximum absolute atomic E-state index is 11.9. The molecule has 0 unspecified atom stereocenters. The Balaban J connectivity index is 1.95. The maximum Gasteiger partial charge on any atom is 0.307 e. The lowest BCUT2D eigenvalue weighted by Crippen LogP contribution is -2.56. The zero-order valence-corrected chi connectivity index (χ0v) is 11.0. The van der Waals surface area contributed by atoms with Gasteiger partial charge < -0.3 is 10.1 Å². The van der Waals surface area contributed by atoms with Gasteiger partial charge in [0.1, 0.15) is 0 Å². The number of ether oxygens (including phenoxy) is 1. The number of hydrogen-bond donors (Lipinski definition) is 1. The minimum atomic E-state index is -0.341. The molecule has 1 amide bonds. The second-order valence-corrected chi connectivity index (χ2v) is 5.23. The van der Waals surface area contributed by atoms with Gasteiger partial charge in [-0.05, 0) is 18.8 Å². The zero-order chi connectivity index (χ0) is 13.0. The van der Waals surface area contributed by atoms with Gasteiger partial charge in [0.2, 0.25) is 5.91 Å². The normalized spacial score (nSPS) is 26.1. The van der Waals surface area contributed by atoms with Crippen LogP contribution in [0.5, 0.6) is 0 Å². The van der Waals surface area contributed by atoms with Crippen molar-refractivity contribution in [2.75, 3.05) is 26.7 Å². The first-order valence-corrected chi connectivity index (χ1v) is 6.79. The van der Waals surface area contributed by atoms with Gasteiger partial charge in [-0.3, -0.25) is 14.5 Å². The molecule has 2 rings (SSSR count). The van der Waals surface area contributed by atoms with E-state index in [4.69, 9.17) is 0 Å². The van der Waals surface area contributed by atoms with Crippen LogP contribution in [-0.4, -0.2) is 49.6 Å². The van der Waals surface area contributed by atoms with E-state index in [0.29, 0.717) is 12.5 Å². The minimum Gasteiger partial charge on any atom is -0.469 e. The van der Waals surface area contributed by atoms with Gasteiger partial charge in [-0.1, -0.05) is 12.8 Å². The molecule has 0 spiro atoms. The van der Waals surface area contributed by atoms with E-state index in [0.717, 1.165) is 13.1 Å². The van der Waals surface area contributed by atoms with Gasteiger partial charge in [-0.15, -0.1) is 0 Å². The molecule has 0 aromatic carbocycles. The predicted octanol–water partition coefficient (Wildman–Crippen LogP) is 0.540. The number of esters is 1. The Hall–Kier alpha value is -1.10. The lowest BCUT2D eigenvalue weighted by Gasteiger charge is -2.36. The summed E-state index contributed by atoms with van der Waals surface area (Å²) in [7, 11) is 1.37. The summed E-state index contributed by atoms with van der Waals surface area (Å²) < 4.78 is 4.67. The molecule has 1 heterocycles. The Morgan fingerprint density at radius 1 is 1.44 bits per heavy atom. The first-order valence-electron chi connectivity index (χ1n) is 6.79. The summed E-state index contributed by atoms with van der Waals surface area (Å²) in [6, 6.07) is -0.341. The van der Waals surface area contributed by atoms with Crippen LogP contribution in [0.2, 0.25) is 0 Å². The largest absolute Gasteiger partial charge is 0.469 e. The monoisotopic (exact) mass is 254 g/mol. The van der Waals surface area contributed by atoms with E-state index in [1.807, 2.05) is 0 Å². The second-order valence-electron chi connectivity index (χ2n) is 5.23. The lowest BCUT2D eigenvalue weighted by atomic mass is 10.0. The van der Waals surface area contributed by atoms with E-state index >= 15 is 0 Å². The van der Waals surface area contributed by atoms with Crippen molar-refractivity contribution in [1.82, 2.24) is 10.2 Å². The second kappa shape index (κ2) is 6.18. The van der Waals surface area contributed by atoms with Crippen LogP contribution in [0.15, 0.2) is 0 Å². The molecule has 1 aliphatic heterocycles. The molecule has 18 heavy (non-hydrogen) atoms. The van der Waals surface area contributed by atoms with E-state index in [-0.39, 0.29) is 24.3 Å². The molecule has 1 saturated heterocycles. The van der Waals surface area contributed by atoms with Crippen molar-refractivity contribution >= 4 is 11.9 Å². The predicted molar refractivity (Wildman–Crippen MR) is 67.0 cm³/mol. The SMILES string of the molecule is COC(=O)C[C@H]1C(=O)NCCN1CC1CCCC1. The van der Waals surface area contributed by atoms with Crippen LogP contribution in [0, 0.1) is 5.92 Å². The van der Waals surface area contributed by atoms with Gasteiger partial charge in [0.05, 0.1) is 19.6 Å². The fourth-order valence-corrected chi connectivity index (χ4v) is 2.97. The number of carbonyl (C=O) groups excluding carboxylic acids is 2. The number of hydrogen-bond acceptors (Lipinski definition) is 4. The van der Waals surface area contributed by atoms with Crippen LogP contribution in [0.25, 0.3) is 0 Å². The van der Waals surface area contributed by atoms with Gasteiger partial charge in [-0.25, -0.2) is 0 Å². The highest BCUT2D eigenvalue weighted by Crippen LogP contribution is 2.26. The van der Waals surface area contributed by atoms with Gasteiger partial charge in [-0.2, -0.15) is 0 Å². The zero-order valence-electron chi connectivity index (χ0n) is 11.0. The molecular formula is C13H22N2O3. The average Bonchev–Trinajstić information content (AvgIpc) is 2.86. The van der Waals surface area contributed by atoms with Crippen molar-refractivity contribution in [2.45, 2.75) is 38.1 Å². The molecule has 1 N–H and O–H groups in total. The van der Waals surface area contributed by atoms with Crippen LogP contribution in [0.4, 0.5) is 0 Å². The van der Waals surface area contributed by atoms with E-state index in [1.165, 1.54) is 32.8 Å². The highest BCUT2D eigenvalue weighted by atomic mass is 16.5. The summed E-state index contributed by atoms with van der Waals surface area (Å²) in [5.74, 6) is 0.342. The highest BCUT2D eigenvalue weighted by Gasteiger charge is 2.33. The smallest absolute Gasteiger partial charge is 0.307 e. The number of rotatable bonds is 4.